The summed E-state index contributed by atoms with van der Waals surface area (Å²) in [5.41, 5.74) is 1.26. The number of hydrogen-bond acceptors (Lipinski definition) is 3. The molecule has 0 atom stereocenters. The van der Waals surface area contributed by atoms with Crippen LogP contribution in [0.5, 0.6) is 0 Å². The minimum Gasteiger partial charge on any atom is -0.396 e. The van der Waals surface area contributed by atoms with Crippen molar-refractivity contribution in [3.05, 3.63) is 29.8 Å². The van der Waals surface area contributed by atoms with E-state index in [1.165, 1.54) is 6.07 Å². The van der Waals surface area contributed by atoms with Gasteiger partial charge in [0.25, 0.3) is 0 Å². The molecule has 0 unspecified atom stereocenters. The molecule has 0 saturated heterocycles. The average Bonchev–Trinajstić information content (AvgIpc) is 2.15. The lowest BCUT2D eigenvalue weighted by Gasteiger charge is -1.98. The molecule has 0 aliphatic rings. The van der Waals surface area contributed by atoms with E-state index < -0.39 is 0 Å². The SMILES string of the molecule is CCO/N=C(/C)c1ccc(F)cn1. The molecule has 13 heavy (non-hydrogen) atoms. The Kier molecular flexibility index (Phi) is 3.37. The van der Waals surface area contributed by atoms with Gasteiger partial charge in [-0.1, -0.05) is 5.16 Å². The Bertz CT molecular complexity index is 295. The molecule has 0 spiro atoms. The standard InChI is InChI=1S/C9H11FN2O/c1-3-13-12-7(2)9-5-4-8(10)6-11-9/h4-6H,3H2,1-2H3/b12-7-. The van der Waals surface area contributed by atoms with E-state index in [0.717, 1.165) is 6.20 Å². The smallest absolute Gasteiger partial charge is 0.141 e. The maximum atomic E-state index is 12.5. The Morgan fingerprint density at radius 1 is 1.62 bits per heavy atom. The second-order valence-corrected chi connectivity index (χ2v) is 2.46. The Balaban J connectivity index is 2.77. The molecule has 0 aromatic carbocycles. The van der Waals surface area contributed by atoms with Crippen molar-refractivity contribution in [3.8, 4) is 0 Å². The normalized spacial score (nSPS) is 11.5. The highest BCUT2D eigenvalue weighted by Gasteiger charge is 1.99. The zero-order valence-electron chi connectivity index (χ0n) is 7.62. The third-order valence-electron chi connectivity index (χ3n) is 1.43. The summed E-state index contributed by atoms with van der Waals surface area (Å²) in [4.78, 5) is 8.68. The Hall–Kier alpha value is -1.45. The Morgan fingerprint density at radius 2 is 2.38 bits per heavy atom. The maximum absolute atomic E-state index is 12.5. The average molecular weight is 182 g/mol. The van der Waals surface area contributed by atoms with E-state index >= 15 is 0 Å². The summed E-state index contributed by atoms with van der Waals surface area (Å²) >= 11 is 0. The largest absolute Gasteiger partial charge is 0.396 e. The van der Waals surface area contributed by atoms with Crippen LogP contribution in [0.15, 0.2) is 23.5 Å². The molecular formula is C9H11FN2O. The second kappa shape index (κ2) is 4.54. The number of hydrogen-bond donors (Lipinski definition) is 0. The molecule has 1 heterocycles. The highest BCUT2D eigenvalue weighted by Crippen LogP contribution is 2.00. The van der Waals surface area contributed by atoms with Gasteiger partial charge in [-0.05, 0) is 26.0 Å². The summed E-state index contributed by atoms with van der Waals surface area (Å²) in [5.74, 6) is -0.354. The van der Waals surface area contributed by atoms with Gasteiger partial charge >= 0.3 is 0 Å². The highest BCUT2D eigenvalue weighted by atomic mass is 19.1. The first-order valence-electron chi connectivity index (χ1n) is 4.02. The van der Waals surface area contributed by atoms with Crippen LogP contribution in [0, 0.1) is 5.82 Å². The summed E-state index contributed by atoms with van der Waals surface area (Å²) in [5, 5.41) is 3.77. The molecule has 1 aromatic rings. The van der Waals surface area contributed by atoms with Crippen molar-refractivity contribution in [2.75, 3.05) is 6.61 Å². The van der Waals surface area contributed by atoms with Gasteiger partial charge in [-0.25, -0.2) is 4.39 Å². The van der Waals surface area contributed by atoms with Gasteiger partial charge in [0.05, 0.1) is 11.9 Å². The number of nitrogens with zero attached hydrogens (tertiary/aromatic N) is 2. The number of aromatic nitrogens is 1. The van der Waals surface area contributed by atoms with Crippen molar-refractivity contribution >= 4 is 5.71 Å². The number of pyridine rings is 1. The predicted octanol–water partition coefficient (Wildman–Crippen LogP) is 1.98. The van der Waals surface area contributed by atoms with Crippen LogP contribution in [0.1, 0.15) is 19.5 Å². The quantitative estimate of drug-likeness (QED) is 0.529. The lowest BCUT2D eigenvalue weighted by Crippen LogP contribution is -1.99. The monoisotopic (exact) mass is 182 g/mol. The third kappa shape index (κ3) is 2.82. The van der Waals surface area contributed by atoms with Crippen LogP contribution in [0.3, 0.4) is 0 Å². The topological polar surface area (TPSA) is 34.5 Å². The summed E-state index contributed by atoms with van der Waals surface area (Å²) in [7, 11) is 0. The first kappa shape index (κ1) is 9.64. The highest BCUT2D eigenvalue weighted by molar-refractivity contribution is 5.96. The molecule has 70 valence electrons. The molecular weight excluding hydrogens is 171 g/mol. The zero-order chi connectivity index (χ0) is 9.68. The van der Waals surface area contributed by atoms with Gasteiger partial charge in [-0.15, -0.1) is 0 Å². The van der Waals surface area contributed by atoms with Gasteiger partial charge in [0.1, 0.15) is 18.1 Å². The molecule has 0 radical (unpaired) electrons. The fourth-order valence-corrected chi connectivity index (χ4v) is 0.798. The van der Waals surface area contributed by atoms with Crippen molar-refractivity contribution in [2.45, 2.75) is 13.8 Å². The number of halogens is 1. The molecule has 3 nitrogen and oxygen atoms in total. The maximum Gasteiger partial charge on any atom is 0.141 e. The van der Waals surface area contributed by atoms with Crippen molar-refractivity contribution in [1.82, 2.24) is 4.98 Å². The van der Waals surface area contributed by atoms with Crippen LogP contribution in [0.2, 0.25) is 0 Å². The van der Waals surface area contributed by atoms with E-state index in [1.54, 1.807) is 13.0 Å². The van der Waals surface area contributed by atoms with Crippen LogP contribution >= 0.6 is 0 Å². The van der Waals surface area contributed by atoms with Crippen LogP contribution in [0.25, 0.3) is 0 Å². The van der Waals surface area contributed by atoms with Gasteiger partial charge in [0, 0.05) is 0 Å². The van der Waals surface area contributed by atoms with Crippen molar-refractivity contribution in [3.63, 3.8) is 0 Å². The second-order valence-electron chi connectivity index (χ2n) is 2.46. The molecule has 1 aromatic heterocycles. The van der Waals surface area contributed by atoms with Crippen molar-refractivity contribution in [2.24, 2.45) is 5.16 Å². The van der Waals surface area contributed by atoms with E-state index in [9.17, 15) is 4.39 Å². The molecule has 0 amide bonds. The van der Waals surface area contributed by atoms with Crippen molar-refractivity contribution in [1.29, 1.82) is 0 Å². The van der Waals surface area contributed by atoms with E-state index in [0.29, 0.717) is 18.0 Å². The molecule has 0 saturated carbocycles. The van der Waals surface area contributed by atoms with Gasteiger partial charge in [-0.2, -0.15) is 0 Å². The summed E-state index contributed by atoms with van der Waals surface area (Å²) in [6.45, 7) is 4.11. The van der Waals surface area contributed by atoms with Gasteiger partial charge in [-0.3, -0.25) is 4.98 Å². The van der Waals surface area contributed by atoms with Gasteiger partial charge < -0.3 is 4.84 Å². The third-order valence-corrected chi connectivity index (χ3v) is 1.43. The van der Waals surface area contributed by atoms with E-state index in [1.807, 2.05) is 6.92 Å². The van der Waals surface area contributed by atoms with Crippen LogP contribution in [0.4, 0.5) is 4.39 Å². The molecule has 4 heteroatoms. The minimum atomic E-state index is -0.354. The number of oxime groups is 1. The minimum absolute atomic E-state index is 0.354. The van der Waals surface area contributed by atoms with Gasteiger partial charge in [0.15, 0.2) is 0 Å². The van der Waals surface area contributed by atoms with E-state index in [4.69, 9.17) is 4.84 Å². The number of rotatable bonds is 3. The first-order valence-corrected chi connectivity index (χ1v) is 4.02. The fourth-order valence-electron chi connectivity index (χ4n) is 0.798. The molecule has 0 N–H and O–H groups in total. The Labute approximate surface area is 76.2 Å². The van der Waals surface area contributed by atoms with E-state index in [2.05, 4.69) is 10.1 Å². The van der Waals surface area contributed by atoms with Crippen LogP contribution in [-0.2, 0) is 4.84 Å². The molecule has 0 aliphatic heterocycles. The molecule has 1 rings (SSSR count). The first-order chi connectivity index (χ1) is 6.24. The van der Waals surface area contributed by atoms with Crippen LogP contribution < -0.4 is 0 Å². The summed E-state index contributed by atoms with van der Waals surface area (Å²) in [6, 6.07) is 2.90. The van der Waals surface area contributed by atoms with Crippen molar-refractivity contribution < 1.29 is 9.23 Å². The lowest BCUT2D eigenvalue weighted by atomic mass is 10.3. The molecule has 0 bridgehead atoms. The summed E-state index contributed by atoms with van der Waals surface area (Å²) in [6.07, 6.45) is 1.15. The summed E-state index contributed by atoms with van der Waals surface area (Å²) < 4.78 is 12.5. The zero-order valence-corrected chi connectivity index (χ0v) is 7.62. The van der Waals surface area contributed by atoms with Crippen LogP contribution in [-0.4, -0.2) is 17.3 Å². The fraction of sp³-hybridized carbons (Fsp3) is 0.333. The Morgan fingerprint density at radius 3 is 2.92 bits per heavy atom. The van der Waals surface area contributed by atoms with E-state index in [-0.39, 0.29) is 5.82 Å². The molecule has 0 fully saturated rings. The lowest BCUT2D eigenvalue weighted by molar-refractivity contribution is 0.159. The molecule has 0 aliphatic carbocycles. The van der Waals surface area contributed by atoms with Gasteiger partial charge in [0.2, 0.25) is 0 Å². The predicted molar refractivity (Wildman–Crippen MR) is 48.0 cm³/mol.